The number of nitrogens with one attached hydrogen (secondary N) is 1. The highest BCUT2D eigenvalue weighted by Crippen LogP contribution is 2.11. The molecule has 1 aliphatic heterocycles. The highest BCUT2D eigenvalue weighted by Gasteiger charge is 2.21. The largest absolute Gasteiger partial charge is 0.308 e. The van der Waals surface area contributed by atoms with Gasteiger partial charge in [0.15, 0.2) is 9.84 Å². The zero-order valence-electron chi connectivity index (χ0n) is 9.46. The molecule has 1 saturated heterocycles. The molecule has 1 aromatic heterocycles. The fraction of sp³-hybridized carbons (Fsp3) is 0.500. The minimum atomic E-state index is -2.81. The highest BCUT2D eigenvalue weighted by atomic mass is 32.2. The molecular formula is C10H16N4O2S. The number of hydrazine groups is 1. The zero-order valence-corrected chi connectivity index (χ0v) is 10.3. The maximum Gasteiger partial charge on any atom is 0.152 e. The van der Waals surface area contributed by atoms with E-state index in [1.807, 2.05) is 12.1 Å². The van der Waals surface area contributed by atoms with Crippen LogP contribution in [0.5, 0.6) is 0 Å². The number of nitrogens with zero attached hydrogens (tertiary/aromatic N) is 2. The Labute approximate surface area is 101 Å². The van der Waals surface area contributed by atoms with Gasteiger partial charge in [-0.2, -0.15) is 0 Å². The summed E-state index contributed by atoms with van der Waals surface area (Å²) >= 11 is 0. The summed E-state index contributed by atoms with van der Waals surface area (Å²) in [7, 11) is -2.81. The number of nitrogen functional groups attached to an aromatic ring is 1. The highest BCUT2D eigenvalue weighted by molar-refractivity contribution is 7.91. The number of nitrogens with two attached hydrogens (primary N) is 1. The molecule has 0 saturated carbocycles. The predicted octanol–water partition coefficient (Wildman–Crippen LogP) is -0.402. The van der Waals surface area contributed by atoms with E-state index in [1.165, 1.54) is 0 Å². The smallest absolute Gasteiger partial charge is 0.152 e. The second-order valence-electron chi connectivity index (χ2n) is 4.12. The van der Waals surface area contributed by atoms with Crippen LogP contribution in [0.3, 0.4) is 0 Å². The van der Waals surface area contributed by atoms with E-state index in [-0.39, 0.29) is 11.5 Å². The van der Waals surface area contributed by atoms with Crippen LogP contribution in [-0.2, 0) is 16.4 Å². The van der Waals surface area contributed by atoms with Gasteiger partial charge in [-0.15, -0.1) is 0 Å². The van der Waals surface area contributed by atoms with E-state index in [1.54, 1.807) is 6.20 Å². The van der Waals surface area contributed by atoms with Gasteiger partial charge in [0.05, 0.1) is 11.5 Å². The van der Waals surface area contributed by atoms with Crippen LogP contribution in [0, 0.1) is 0 Å². The van der Waals surface area contributed by atoms with Crippen LogP contribution < -0.4 is 11.3 Å². The van der Waals surface area contributed by atoms with Crippen molar-refractivity contribution < 1.29 is 8.42 Å². The van der Waals surface area contributed by atoms with Crippen molar-refractivity contribution in [3.8, 4) is 0 Å². The first-order valence-electron chi connectivity index (χ1n) is 5.43. The molecule has 1 aromatic rings. The summed E-state index contributed by atoms with van der Waals surface area (Å²) in [6.07, 6.45) is 1.69. The van der Waals surface area contributed by atoms with Gasteiger partial charge in [0.25, 0.3) is 0 Å². The average Bonchev–Trinajstić information content (AvgIpc) is 2.32. The van der Waals surface area contributed by atoms with Crippen LogP contribution in [0.2, 0.25) is 0 Å². The van der Waals surface area contributed by atoms with E-state index in [2.05, 4.69) is 15.3 Å². The van der Waals surface area contributed by atoms with E-state index in [0.29, 0.717) is 18.9 Å². The maximum absolute atomic E-state index is 11.3. The predicted molar refractivity (Wildman–Crippen MR) is 66.0 cm³/mol. The molecule has 1 aliphatic rings. The molecule has 0 unspecified atom stereocenters. The Bertz CT molecular complexity index is 475. The normalized spacial score (nSPS) is 20.1. The number of rotatable bonds is 3. The first-order chi connectivity index (χ1) is 8.09. The third-order valence-corrected chi connectivity index (χ3v) is 4.42. The Kier molecular flexibility index (Phi) is 3.60. The average molecular weight is 256 g/mol. The van der Waals surface area contributed by atoms with Gasteiger partial charge < -0.3 is 5.43 Å². The summed E-state index contributed by atoms with van der Waals surface area (Å²) in [5.41, 5.74) is 3.57. The van der Waals surface area contributed by atoms with Gasteiger partial charge in [-0.1, -0.05) is 0 Å². The van der Waals surface area contributed by atoms with E-state index in [4.69, 9.17) is 5.84 Å². The molecule has 1 fully saturated rings. The Morgan fingerprint density at radius 3 is 2.76 bits per heavy atom. The van der Waals surface area contributed by atoms with Crippen LogP contribution in [-0.4, -0.2) is 42.9 Å². The lowest BCUT2D eigenvalue weighted by Gasteiger charge is -2.26. The molecule has 3 N–H and O–H groups in total. The summed E-state index contributed by atoms with van der Waals surface area (Å²) in [5.74, 6) is 6.40. The van der Waals surface area contributed by atoms with E-state index in [0.717, 1.165) is 12.1 Å². The molecular weight excluding hydrogens is 240 g/mol. The fourth-order valence-electron chi connectivity index (χ4n) is 1.82. The monoisotopic (exact) mass is 256 g/mol. The topological polar surface area (TPSA) is 88.3 Å². The molecule has 2 rings (SSSR count). The number of pyridine rings is 1. The Morgan fingerprint density at radius 2 is 2.12 bits per heavy atom. The van der Waals surface area contributed by atoms with Gasteiger partial charge in [0.1, 0.15) is 5.82 Å². The number of sulfone groups is 1. The summed E-state index contributed by atoms with van der Waals surface area (Å²) < 4.78 is 22.6. The standard InChI is InChI=1S/C10H16N4O2S/c11-13-10-7-9(1-2-12-10)8-14-3-5-17(15,16)6-4-14/h1-2,7H,3-6,8,11H2,(H,12,13). The lowest BCUT2D eigenvalue weighted by molar-refractivity contribution is 0.287. The number of hydrogen-bond donors (Lipinski definition) is 2. The minimum absolute atomic E-state index is 0.250. The van der Waals surface area contributed by atoms with Crippen LogP contribution in [0.25, 0.3) is 0 Å². The van der Waals surface area contributed by atoms with Crippen molar-refractivity contribution in [2.24, 2.45) is 5.84 Å². The van der Waals surface area contributed by atoms with E-state index < -0.39 is 9.84 Å². The fourth-order valence-corrected chi connectivity index (χ4v) is 3.09. The second-order valence-corrected chi connectivity index (χ2v) is 6.43. The second kappa shape index (κ2) is 4.99. The number of anilines is 1. The SMILES string of the molecule is NNc1cc(CN2CCS(=O)(=O)CC2)ccn1. The molecule has 0 aliphatic carbocycles. The van der Waals surface area contributed by atoms with Crippen LogP contribution in [0.1, 0.15) is 5.56 Å². The van der Waals surface area contributed by atoms with Crippen molar-refractivity contribution in [1.82, 2.24) is 9.88 Å². The van der Waals surface area contributed by atoms with Gasteiger partial charge in [0, 0.05) is 25.8 Å². The van der Waals surface area contributed by atoms with Crippen molar-refractivity contribution in [3.05, 3.63) is 23.9 Å². The molecule has 2 heterocycles. The van der Waals surface area contributed by atoms with Crippen molar-refractivity contribution in [3.63, 3.8) is 0 Å². The van der Waals surface area contributed by atoms with Crippen molar-refractivity contribution in [1.29, 1.82) is 0 Å². The molecule has 7 heteroatoms. The molecule has 6 nitrogen and oxygen atoms in total. The molecule has 0 aromatic carbocycles. The molecule has 0 atom stereocenters. The van der Waals surface area contributed by atoms with Crippen LogP contribution in [0.4, 0.5) is 5.82 Å². The van der Waals surface area contributed by atoms with E-state index in [9.17, 15) is 8.42 Å². The molecule has 0 radical (unpaired) electrons. The first kappa shape index (κ1) is 12.3. The first-order valence-corrected chi connectivity index (χ1v) is 7.25. The van der Waals surface area contributed by atoms with Gasteiger partial charge in [-0.25, -0.2) is 19.2 Å². The van der Waals surface area contributed by atoms with Gasteiger partial charge in [-0.3, -0.25) is 4.90 Å². The van der Waals surface area contributed by atoms with E-state index >= 15 is 0 Å². The van der Waals surface area contributed by atoms with Crippen molar-refractivity contribution >= 4 is 15.7 Å². The van der Waals surface area contributed by atoms with Crippen molar-refractivity contribution in [2.75, 3.05) is 30.0 Å². The lowest BCUT2D eigenvalue weighted by Crippen LogP contribution is -2.39. The third kappa shape index (κ3) is 3.39. The molecule has 0 amide bonds. The van der Waals surface area contributed by atoms with Crippen LogP contribution >= 0.6 is 0 Å². The summed E-state index contributed by atoms with van der Waals surface area (Å²) in [6.45, 7) is 1.92. The molecule has 17 heavy (non-hydrogen) atoms. The molecule has 94 valence electrons. The van der Waals surface area contributed by atoms with Gasteiger partial charge in [-0.05, 0) is 17.7 Å². The van der Waals surface area contributed by atoms with Crippen molar-refractivity contribution in [2.45, 2.75) is 6.54 Å². The molecule has 0 spiro atoms. The molecule has 0 bridgehead atoms. The lowest BCUT2D eigenvalue weighted by atomic mass is 10.2. The summed E-state index contributed by atoms with van der Waals surface area (Å²) in [5, 5.41) is 0. The van der Waals surface area contributed by atoms with Gasteiger partial charge >= 0.3 is 0 Å². The number of aromatic nitrogens is 1. The zero-order chi connectivity index (χ0) is 12.3. The Morgan fingerprint density at radius 1 is 1.41 bits per heavy atom. The van der Waals surface area contributed by atoms with Crippen LogP contribution in [0.15, 0.2) is 18.3 Å². The number of hydrogen-bond acceptors (Lipinski definition) is 6. The Balaban J connectivity index is 1.97. The minimum Gasteiger partial charge on any atom is -0.308 e. The summed E-state index contributed by atoms with van der Waals surface area (Å²) in [6, 6.07) is 3.77. The quantitative estimate of drug-likeness (QED) is 0.565. The van der Waals surface area contributed by atoms with Gasteiger partial charge in [0.2, 0.25) is 0 Å². The maximum atomic E-state index is 11.3. The third-order valence-electron chi connectivity index (χ3n) is 2.82. The summed E-state index contributed by atoms with van der Waals surface area (Å²) in [4.78, 5) is 6.15. The Hall–Kier alpha value is -1.18.